The Morgan fingerprint density at radius 2 is 1.91 bits per heavy atom. The maximum absolute atomic E-state index is 8.36. The average Bonchev–Trinajstić information content (AvgIpc) is 2.22. The van der Waals surface area contributed by atoms with Gasteiger partial charge in [-0.05, 0) is 26.3 Å². The predicted octanol–water partition coefficient (Wildman–Crippen LogP) is 1.04. The highest BCUT2D eigenvalue weighted by molar-refractivity contribution is 5.32. The van der Waals surface area contributed by atoms with Gasteiger partial charge in [-0.25, -0.2) is 0 Å². The maximum Gasteiger partial charge on any atom is 0.290 e. The lowest BCUT2D eigenvalue weighted by atomic mass is 10.2. The van der Waals surface area contributed by atoms with Crippen LogP contribution in [0.3, 0.4) is 0 Å². The minimum atomic E-state index is -0.250. The van der Waals surface area contributed by atoms with Crippen molar-refractivity contribution in [2.75, 3.05) is 0 Å². The molecule has 62 valence electrons. The molecule has 4 heteroatoms. The normalized spacial score (nSPS) is 8.27. The number of nitrogens with zero attached hydrogens (tertiary/aromatic N) is 1. The van der Waals surface area contributed by atoms with Crippen LogP contribution in [0.5, 0.6) is 0 Å². The first-order valence-electron chi connectivity index (χ1n) is 3.19. The molecule has 0 unspecified atom stereocenters. The van der Waals surface area contributed by atoms with Gasteiger partial charge in [0, 0.05) is 5.69 Å². The van der Waals surface area contributed by atoms with E-state index in [0.717, 1.165) is 5.69 Å². The number of nitrogens with one attached hydrogen (secondary N) is 1. The number of carboxylic acid groups (broad SMARTS) is 1. The second kappa shape index (κ2) is 4.49. The number of aryl methyl sites for hydroxylation is 2. The molecule has 0 aliphatic rings. The Morgan fingerprint density at radius 1 is 1.45 bits per heavy atom. The number of rotatable bonds is 0. The van der Waals surface area contributed by atoms with E-state index in [2.05, 4.69) is 17.1 Å². The Labute approximate surface area is 65.3 Å². The van der Waals surface area contributed by atoms with Crippen LogP contribution in [0.2, 0.25) is 0 Å². The van der Waals surface area contributed by atoms with Crippen LogP contribution in [0.1, 0.15) is 17.0 Å². The van der Waals surface area contributed by atoms with E-state index in [1.165, 1.54) is 11.3 Å². The van der Waals surface area contributed by atoms with Crippen LogP contribution in [-0.4, -0.2) is 21.8 Å². The predicted molar refractivity (Wildman–Crippen MR) is 41.5 cm³/mol. The van der Waals surface area contributed by atoms with Gasteiger partial charge in [-0.3, -0.25) is 9.89 Å². The van der Waals surface area contributed by atoms with Gasteiger partial charge in [-0.1, -0.05) is 0 Å². The fourth-order valence-corrected chi connectivity index (χ4v) is 0.607. The van der Waals surface area contributed by atoms with Crippen LogP contribution in [0.4, 0.5) is 0 Å². The summed E-state index contributed by atoms with van der Waals surface area (Å²) in [4.78, 5) is 8.36. The summed E-state index contributed by atoms with van der Waals surface area (Å²) in [6.07, 6.45) is 0. The van der Waals surface area contributed by atoms with Crippen LogP contribution in [0.25, 0.3) is 0 Å². The minimum Gasteiger partial charge on any atom is -0.483 e. The van der Waals surface area contributed by atoms with E-state index in [4.69, 9.17) is 9.90 Å². The molecular formula is C7H12N2O2. The van der Waals surface area contributed by atoms with E-state index < -0.39 is 0 Å². The molecule has 1 aromatic rings. The summed E-state index contributed by atoms with van der Waals surface area (Å²) in [6.45, 7) is 5.84. The third-order valence-corrected chi connectivity index (χ3v) is 1.50. The Bertz CT molecular complexity index is 211. The number of carbonyl (C=O) groups is 1. The molecule has 0 saturated carbocycles. The third kappa shape index (κ3) is 2.84. The van der Waals surface area contributed by atoms with Crippen molar-refractivity contribution in [1.29, 1.82) is 0 Å². The molecule has 0 radical (unpaired) electrons. The monoisotopic (exact) mass is 156 g/mol. The number of aromatic nitrogens is 2. The molecule has 0 spiro atoms. The first-order chi connectivity index (χ1) is 5.13. The van der Waals surface area contributed by atoms with Gasteiger partial charge in [0.25, 0.3) is 6.47 Å². The fraction of sp³-hybridized carbons (Fsp3) is 0.429. The highest BCUT2D eigenvalue weighted by Gasteiger charge is 1.96. The molecule has 4 nitrogen and oxygen atoms in total. The minimum absolute atomic E-state index is 0.250. The van der Waals surface area contributed by atoms with Crippen molar-refractivity contribution in [3.05, 3.63) is 17.0 Å². The smallest absolute Gasteiger partial charge is 0.290 e. The van der Waals surface area contributed by atoms with Gasteiger partial charge >= 0.3 is 0 Å². The topological polar surface area (TPSA) is 66.0 Å². The van der Waals surface area contributed by atoms with Gasteiger partial charge < -0.3 is 5.11 Å². The molecule has 2 N–H and O–H groups in total. The number of hydrogen-bond donors (Lipinski definition) is 2. The molecule has 0 amide bonds. The van der Waals surface area contributed by atoms with Crippen LogP contribution in [0.15, 0.2) is 0 Å². The lowest BCUT2D eigenvalue weighted by Gasteiger charge is -1.83. The summed E-state index contributed by atoms with van der Waals surface area (Å²) < 4.78 is 0. The van der Waals surface area contributed by atoms with Crippen LogP contribution in [0, 0.1) is 20.8 Å². The molecule has 0 saturated heterocycles. The highest BCUT2D eigenvalue weighted by Crippen LogP contribution is 2.04. The second-order valence-corrected chi connectivity index (χ2v) is 2.16. The molecule has 0 fully saturated rings. The third-order valence-electron chi connectivity index (χ3n) is 1.50. The van der Waals surface area contributed by atoms with E-state index in [-0.39, 0.29) is 6.47 Å². The van der Waals surface area contributed by atoms with Crippen LogP contribution >= 0.6 is 0 Å². The Kier molecular flexibility index (Phi) is 3.95. The van der Waals surface area contributed by atoms with Crippen molar-refractivity contribution in [2.24, 2.45) is 0 Å². The van der Waals surface area contributed by atoms with E-state index in [0.29, 0.717) is 0 Å². The Hall–Kier alpha value is -1.32. The van der Waals surface area contributed by atoms with Gasteiger partial charge in [0.1, 0.15) is 0 Å². The summed E-state index contributed by atoms with van der Waals surface area (Å²) in [6, 6.07) is 0. The highest BCUT2D eigenvalue weighted by atomic mass is 16.3. The lowest BCUT2D eigenvalue weighted by molar-refractivity contribution is -0.122. The molecule has 0 atom stereocenters. The zero-order valence-electron chi connectivity index (χ0n) is 6.88. The molecule has 0 aliphatic heterocycles. The largest absolute Gasteiger partial charge is 0.483 e. The van der Waals surface area contributed by atoms with Crippen LogP contribution < -0.4 is 0 Å². The first-order valence-corrected chi connectivity index (χ1v) is 3.19. The summed E-state index contributed by atoms with van der Waals surface area (Å²) in [5.74, 6) is 0. The van der Waals surface area contributed by atoms with E-state index in [9.17, 15) is 0 Å². The van der Waals surface area contributed by atoms with Crippen molar-refractivity contribution < 1.29 is 9.90 Å². The first kappa shape index (κ1) is 9.68. The summed E-state index contributed by atoms with van der Waals surface area (Å²) in [7, 11) is 0. The maximum atomic E-state index is 8.36. The molecule has 1 aromatic heterocycles. The molecule has 1 heterocycles. The van der Waals surface area contributed by atoms with Crippen molar-refractivity contribution >= 4 is 6.47 Å². The van der Waals surface area contributed by atoms with Gasteiger partial charge in [-0.15, -0.1) is 0 Å². The Balaban J connectivity index is 0.000000292. The molecule has 0 aliphatic carbocycles. The van der Waals surface area contributed by atoms with Gasteiger partial charge in [0.05, 0.1) is 5.69 Å². The molecule has 11 heavy (non-hydrogen) atoms. The van der Waals surface area contributed by atoms with E-state index in [1.54, 1.807) is 0 Å². The van der Waals surface area contributed by atoms with Crippen molar-refractivity contribution in [3.63, 3.8) is 0 Å². The number of aromatic amines is 1. The van der Waals surface area contributed by atoms with Crippen LogP contribution in [-0.2, 0) is 4.79 Å². The van der Waals surface area contributed by atoms with Crippen molar-refractivity contribution in [2.45, 2.75) is 20.8 Å². The molecule has 1 rings (SSSR count). The Morgan fingerprint density at radius 3 is 2.00 bits per heavy atom. The lowest BCUT2D eigenvalue weighted by Crippen LogP contribution is -1.73. The number of hydrogen-bond acceptors (Lipinski definition) is 2. The summed E-state index contributed by atoms with van der Waals surface area (Å²) in [5, 5.41) is 13.8. The number of H-pyrrole nitrogens is 1. The zero-order chi connectivity index (χ0) is 8.85. The van der Waals surface area contributed by atoms with Crippen molar-refractivity contribution in [1.82, 2.24) is 10.2 Å². The van der Waals surface area contributed by atoms with Gasteiger partial charge in [-0.2, -0.15) is 5.10 Å². The fourth-order valence-electron chi connectivity index (χ4n) is 0.607. The van der Waals surface area contributed by atoms with Gasteiger partial charge in [0.15, 0.2) is 0 Å². The summed E-state index contributed by atoms with van der Waals surface area (Å²) >= 11 is 0. The SMILES string of the molecule is Cc1n[nH]c(C)c1C.O=CO. The quantitative estimate of drug-likeness (QED) is 0.551. The standard InChI is InChI=1S/C6H10N2.CH2O2/c1-4-5(2)7-8-6(4)3;2-1-3/h1-3H3,(H,7,8);1H,(H,2,3). The van der Waals surface area contributed by atoms with Crippen molar-refractivity contribution in [3.8, 4) is 0 Å². The van der Waals surface area contributed by atoms with E-state index in [1.807, 2.05) is 13.8 Å². The summed E-state index contributed by atoms with van der Waals surface area (Å²) in [5.41, 5.74) is 3.54. The molecule has 0 bridgehead atoms. The van der Waals surface area contributed by atoms with E-state index >= 15 is 0 Å². The average molecular weight is 156 g/mol. The second-order valence-electron chi connectivity index (χ2n) is 2.16. The zero-order valence-corrected chi connectivity index (χ0v) is 6.88. The van der Waals surface area contributed by atoms with Gasteiger partial charge in [0.2, 0.25) is 0 Å². The molecular weight excluding hydrogens is 144 g/mol. The molecule has 0 aromatic carbocycles.